The summed E-state index contributed by atoms with van der Waals surface area (Å²) in [6, 6.07) is 10.8. The van der Waals surface area contributed by atoms with E-state index in [-0.39, 0.29) is 0 Å². The second-order valence-corrected chi connectivity index (χ2v) is 8.41. The van der Waals surface area contributed by atoms with Gasteiger partial charge in [-0.15, -0.1) is 0 Å². The average Bonchev–Trinajstić information content (AvgIpc) is 3.34. The number of carbonyl (C=O) groups is 1. The van der Waals surface area contributed by atoms with Crippen molar-refractivity contribution in [3.05, 3.63) is 48.3 Å². The maximum Gasteiger partial charge on any atom is 0.224 e. The molecule has 0 radical (unpaired) electrons. The van der Waals surface area contributed by atoms with Crippen molar-refractivity contribution in [3.63, 3.8) is 0 Å². The second kappa shape index (κ2) is 7.85. The third-order valence-corrected chi connectivity index (χ3v) is 5.81. The van der Waals surface area contributed by atoms with Crippen molar-refractivity contribution in [1.29, 1.82) is 0 Å². The normalized spacial score (nSPS) is 21.7. The fourth-order valence-corrected chi connectivity index (χ4v) is 4.04. The van der Waals surface area contributed by atoms with E-state index in [4.69, 9.17) is 0 Å². The van der Waals surface area contributed by atoms with Gasteiger partial charge in [0.2, 0.25) is 5.91 Å². The number of nitrogens with zero attached hydrogens (tertiary/aromatic N) is 4. The summed E-state index contributed by atoms with van der Waals surface area (Å²) in [4.78, 5) is 17.4. The summed E-state index contributed by atoms with van der Waals surface area (Å²) in [5.74, 6) is 1.56. The molecule has 1 atom stereocenters. The van der Waals surface area contributed by atoms with Crippen LogP contribution in [0, 0.1) is 11.8 Å². The van der Waals surface area contributed by atoms with Crippen LogP contribution in [0.4, 0.5) is 0 Å². The fraction of sp³-hybridized carbons (Fsp3) is 0.545. The van der Waals surface area contributed by atoms with Crippen molar-refractivity contribution in [2.75, 3.05) is 19.6 Å². The Kier molecular flexibility index (Phi) is 5.30. The van der Waals surface area contributed by atoms with Crippen LogP contribution in [-0.4, -0.2) is 51.2 Å². The molecular weight excluding hydrogens is 336 g/mol. The molecule has 0 N–H and O–H groups in total. The molecule has 5 nitrogen and oxygen atoms in total. The molecule has 5 heteroatoms. The molecule has 1 amide bonds. The molecule has 0 bridgehead atoms. The van der Waals surface area contributed by atoms with Crippen molar-refractivity contribution in [1.82, 2.24) is 19.6 Å². The molecule has 2 aromatic rings. The first-order chi connectivity index (χ1) is 13.1. The Morgan fingerprint density at radius 3 is 2.78 bits per heavy atom. The van der Waals surface area contributed by atoms with E-state index in [2.05, 4.69) is 53.0 Å². The molecule has 1 aliphatic heterocycles. The van der Waals surface area contributed by atoms with Crippen molar-refractivity contribution < 1.29 is 4.79 Å². The number of amides is 1. The van der Waals surface area contributed by atoms with E-state index in [9.17, 15) is 4.79 Å². The molecule has 1 saturated heterocycles. The van der Waals surface area contributed by atoms with Crippen molar-refractivity contribution in [3.8, 4) is 5.69 Å². The zero-order valence-corrected chi connectivity index (χ0v) is 16.4. The quantitative estimate of drug-likeness (QED) is 0.787. The van der Waals surface area contributed by atoms with Crippen LogP contribution in [-0.2, 0) is 11.3 Å². The molecular formula is C22H30N4O. The summed E-state index contributed by atoms with van der Waals surface area (Å²) < 4.78 is 1.89. The number of rotatable bonds is 6. The molecule has 4 rings (SSSR count). The van der Waals surface area contributed by atoms with E-state index >= 15 is 0 Å². The predicted octanol–water partition coefficient (Wildman–Crippen LogP) is 3.34. The Morgan fingerprint density at radius 2 is 2.07 bits per heavy atom. The summed E-state index contributed by atoms with van der Waals surface area (Å²) in [5, 5.41) is 4.33. The number of carbonyl (C=O) groups excluding carboxylic acids is 1. The highest BCUT2D eigenvalue weighted by Gasteiger charge is 2.35. The van der Waals surface area contributed by atoms with E-state index in [0.717, 1.165) is 37.8 Å². The summed E-state index contributed by atoms with van der Waals surface area (Å²) in [6.45, 7) is 8.14. The molecule has 2 heterocycles. The molecule has 0 spiro atoms. The van der Waals surface area contributed by atoms with E-state index in [1.165, 1.54) is 18.4 Å². The highest BCUT2D eigenvalue weighted by Crippen LogP contribution is 2.32. The van der Waals surface area contributed by atoms with Gasteiger partial charge >= 0.3 is 0 Å². The fourth-order valence-electron chi connectivity index (χ4n) is 4.04. The summed E-state index contributed by atoms with van der Waals surface area (Å²) in [7, 11) is 0. The van der Waals surface area contributed by atoms with Gasteiger partial charge in [-0.2, -0.15) is 5.10 Å². The van der Waals surface area contributed by atoms with Crippen LogP contribution >= 0.6 is 0 Å². The molecule has 1 aliphatic carbocycles. The SMILES string of the molecule is CC(C)[C@@H]1CN(Cc2cccc(-n3cccn3)c2)CCC(=O)N1CC1CC1. The zero-order valence-electron chi connectivity index (χ0n) is 16.4. The first kappa shape index (κ1) is 18.2. The van der Waals surface area contributed by atoms with Crippen LogP contribution in [0.25, 0.3) is 5.69 Å². The van der Waals surface area contributed by atoms with Crippen molar-refractivity contribution in [2.24, 2.45) is 11.8 Å². The lowest BCUT2D eigenvalue weighted by Gasteiger charge is -2.35. The molecule has 1 aromatic carbocycles. The maximum atomic E-state index is 12.8. The Hall–Kier alpha value is -2.14. The third-order valence-electron chi connectivity index (χ3n) is 5.81. The summed E-state index contributed by atoms with van der Waals surface area (Å²) in [5.41, 5.74) is 2.35. The lowest BCUT2D eigenvalue weighted by Crippen LogP contribution is -2.47. The Bertz CT molecular complexity index is 766. The maximum absolute atomic E-state index is 12.8. The van der Waals surface area contributed by atoms with Gasteiger partial charge in [-0.05, 0) is 48.4 Å². The minimum atomic E-state index is 0.315. The van der Waals surface area contributed by atoms with Gasteiger partial charge in [0, 0.05) is 51.0 Å². The van der Waals surface area contributed by atoms with Crippen LogP contribution in [0.15, 0.2) is 42.7 Å². The van der Waals surface area contributed by atoms with Gasteiger partial charge in [0.05, 0.1) is 5.69 Å². The molecule has 1 saturated carbocycles. The predicted molar refractivity (Wildman–Crippen MR) is 107 cm³/mol. The van der Waals surface area contributed by atoms with Gasteiger partial charge in [0.25, 0.3) is 0 Å². The van der Waals surface area contributed by atoms with Crippen molar-refractivity contribution >= 4 is 5.91 Å². The summed E-state index contributed by atoms with van der Waals surface area (Å²) in [6.07, 6.45) is 6.98. The van der Waals surface area contributed by atoms with E-state index in [1.807, 2.05) is 16.9 Å². The summed E-state index contributed by atoms with van der Waals surface area (Å²) >= 11 is 0. The van der Waals surface area contributed by atoms with Gasteiger partial charge in [0.15, 0.2) is 0 Å². The first-order valence-corrected chi connectivity index (χ1v) is 10.2. The smallest absolute Gasteiger partial charge is 0.224 e. The largest absolute Gasteiger partial charge is 0.338 e. The van der Waals surface area contributed by atoms with Gasteiger partial charge in [-0.3, -0.25) is 9.69 Å². The standard InChI is InChI=1S/C22H30N4O/c1-17(2)21-16-24(12-9-22(27)25(21)15-18-7-8-18)14-19-5-3-6-20(13-19)26-11-4-10-23-26/h3-6,10-11,13,17-18,21H,7-9,12,14-16H2,1-2H3/t21-/m0/s1. The number of hydrogen-bond donors (Lipinski definition) is 0. The van der Waals surface area contributed by atoms with Gasteiger partial charge in [-0.25, -0.2) is 4.68 Å². The highest BCUT2D eigenvalue weighted by atomic mass is 16.2. The number of aromatic nitrogens is 2. The lowest BCUT2D eigenvalue weighted by atomic mass is 10.0. The molecule has 1 aromatic heterocycles. The molecule has 144 valence electrons. The Morgan fingerprint density at radius 1 is 1.22 bits per heavy atom. The van der Waals surface area contributed by atoms with Gasteiger partial charge in [-0.1, -0.05) is 26.0 Å². The van der Waals surface area contributed by atoms with Crippen LogP contribution in [0.1, 0.15) is 38.7 Å². The molecule has 0 unspecified atom stereocenters. The van der Waals surface area contributed by atoms with E-state index in [1.54, 1.807) is 6.20 Å². The minimum Gasteiger partial charge on any atom is -0.338 e. The molecule has 2 fully saturated rings. The molecule has 2 aliphatic rings. The van der Waals surface area contributed by atoms with Gasteiger partial charge < -0.3 is 4.90 Å². The Balaban J connectivity index is 1.49. The third kappa shape index (κ3) is 4.41. The monoisotopic (exact) mass is 366 g/mol. The first-order valence-electron chi connectivity index (χ1n) is 10.2. The molecule has 27 heavy (non-hydrogen) atoms. The van der Waals surface area contributed by atoms with Crippen LogP contribution < -0.4 is 0 Å². The Labute approximate surface area is 162 Å². The number of benzene rings is 1. The topological polar surface area (TPSA) is 41.4 Å². The van der Waals surface area contributed by atoms with Crippen LogP contribution in [0.5, 0.6) is 0 Å². The lowest BCUT2D eigenvalue weighted by molar-refractivity contribution is -0.133. The van der Waals surface area contributed by atoms with E-state index < -0.39 is 0 Å². The average molecular weight is 367 g/mol. The van der Waals surface area contributed by atoms with E-state index in [0.29, 0.717) is 24.3 Å². The highest BCUT2D eigenvalue weighted by molar-refractivity contribution is 5.77. The van der Waals surface area contributed by atoms with Gasteiger partial charge in [0.1, 0.15) is 0 Å². The van der Waals surface area contributed by atoms with Crippen molar-refractivity contribution in [2.45, 2.75) is 45.7 Å². The number of hydrogen-bond acceptors (Lipinski definition) is 3. The van der Waals surface area contributed by atoms with Crippen LogP contribution in [0.3, 0.4) is 0 Å². The minimum absolute atomic E-state index is 0.315. The zero-order chi connectivity index (χ0) is 18.8. The second-order valence-electron chi connectivity index (χ2n) is 8.41. The van der Waals surface area contributed by atoms with Crippen LogP contribution in [0.2, 0.25) is 0 Å².